The highest BCUT2D eigenvalue weighted by Crippen LogP contribution is 2.17. The van der Waals surface area contributed by atoms with Crippen molar-refractivity contribution in [2.75, 3.05) is 23.8 Å². The summed E-state index contributed by atoms with van der Waals surface area (Å²) in [6.07, 6.45) is 5.30. The van der Waals surface area contributed by atoms with Crippen molar-refractivity contribution >= 4 is 27.4 Å². The van der Waals surface area contributed by atoms with Crippen LogP contribution in [-0.4, -0.2) is 33.5 Å². The molecule has 2 heterocycles. The number of alkyl halides is 1. The summed E-state index contributed by atoms with van der Waals surface area (Å²) in [7, 11) is 2.12. The summed E-state index contributed by atoms with van der Waals surface area (Å²) in [4.78, 5) is 6.50. The zero-order valence-electron chi connectivity index (χ0n) is 10.9. The van der Waals surface area contributed by atoms with E-state index in [0.29, 0.717) is 0 Å². The average Bonchev–Trinajstić information content (AvgIpc) is 2.81. The number of hydrogen-bond acceptors (Lipinski definition) is 3. The van der Waals surface area contributed by atoms with Crippen molar-refractivity contribution in [1.29, 1.82) is 0 Å². The van der Waals surface area contributed by atoms with E-state index in [-0.39, 0.29) is 0 Å². The Labute approximate surface area is 116 Å². The molecule has 0 saturated heterocycles. The van der Waals surface area contributed by atoms with Crippen LogP contribution in [0.4, 0.5) is 5.82 Å². The Morgan fingerprint density at radius 1 is 1.28 bits per heavy atom. The molecule has 4 nitrogen and oxygen atoms in total. The van der Waals surface area contributed by atoms with E-state index in [1.54, 1.807) is 6.33 Å². The molecule has 2 aromatic rings. The third-order valence-corrected chi connectivity index (χ3v) is 3.58. The SMILES string of the molecule is Cc1cc(N(C)CCCCCBr)n2ncnc2c1. The molecule has 0 bridgehead atoms. The number of halogens is 1. The lowest BCUT2D eigenvalue weighted by Crippen LogP contribution is -2.21. The number of unbranched alkanes of at least 4 members (excludes halogenated alkanes) is 2. The summed E-state index contributed by atoms with van der Waals surface area (Å²) < 4.78 is 1.90. The molecule has 0 aromatic carbocycles. The number of pyridine rings is 1. The van der Waals surface area contributed by atoms with Gasteiger partial charge in [-0.2, -0.15) is 9.61 Å². The summed E-state index contributed by atoms with van der Waals surface area (Å²) in [5.41, 5.74) is 2.13. The minimum Gasteiger partial charge on any atom is -0.360 e. The van der Waals surface area contributed by atoms with Gasteiger partial charge in [-0.05, 0) is 37.5 Å². The summed E-state index contributed by atoms with van der Waals surface area (Å²) in [5, 5.41) is 5.37. The first kappa shape index (κ1) is 13.3. The molecular formula is C13H19BrN4. The average molecular weight is 311 g/mol. The van der Waals surface area contributed by atoms with Gasteiger partial charge in [-0.15, -0.1) is 0 Å². The smallest absolute Gasteiger partial charge is 0.157 e. The predicted octanol–water partition coefficient (Wildman–Crippen LogP) is 3.04. The van der Waals surface area contributed by atoms with E-state index in [1.807, 2.05) is 4.52 Å². The molecule has 18 heavy (non-hydrogen) atoms. The van der Waals surface area contributed by atoms with E-state index in [0.717, 1.165) is 23.3 Å². The molecule has 0 aliphatic carbocycles. The fourth-order valence-electron chi connectivity index (χ4n) is 2.04. The van der Waals surface area contributed by atoms with Gasteiger partial charge in [-0.3, -0.25) is 0 Å². The molecule has 2 aromatic heterocycles. The van der Waals surface area contributed by atoms with Gasteiger partial charge in [0, 0.05) is 18.9 Å². The van der Waals surface area contributed by atoms with Gasteiger partial charge in [0.1, 0.15) is 12.1 Å². The zero-order chi connectivity index (χ0) is 13.0. The number of anilines is 1. The van der Waals surface area contributed by atoms with Gasteiger partial charge in [-0.25, -0.2) is 4.98 Å². The van der Waals surface area contributed by atoms with Crippen LogP contribution in [0.1, 0.15) is 24.8 Å². The standard InChI is InChI=1S/C13H19BrN4/c1-11-8-12-15-10-16-18(12)13(9-11)17(2)7-5-3-4-6-14/h8-10H,3-7H2,1-2H3. The second-order valence-electron chi connectivity index (χ2n) is 4.59. The first-order valence-electron chi connectivity index (χ1n) is 6.30. The highest BCUT2D eigenvalue weighted by atomic mass is 79.9. The van der Waals surface area contributed by atoms with Crippen molar-refractivity contribution in [3.63, 3.8) is 0 Å². The van der Waals surface area contributed by atoms with Crippen molar-refractivity contribution < 1.29 is 0 Å². The molecule has 5 heteroatoms. The maximum atomic E-state index is 4.28. The number of fused-ring (bicyclic) bond motifs is 1. The van der Waals surface area contributed by atoms with Gasteiger partial charge in [0.25, 0.3) is 0 Å². The highest BCUT2D eigenvalue weighted by Gasteiger charge is 2.08. The van der Waals surface area contributed by atoms with Crippen LogP contribution in [0.25, 0.3) is 5.65 Å². The van der Waals surface area contributed by atoms with Gasteiger partial charge >= 0.3 is 0 Å². The molecule has 0 aliphatic heterocycles. The Morgan fingerprint density at radius 3 is 2.89 bits per heavy atom. The summed E-state index contributed by atoms with van der Waals surface area (Å²) in [6, 6.07) is 4.21. The largest absolute Gasteiger partial charge is 0.360 e. The van der Waals surface area contributed by atoms with E-state index in [9.17, 15) is 0 Å². The zero-order valence-corrected chi connectivity index (χ0v) is 12.5. The maximum absolute atomic E-state index is 4.28. The lowest BCUT2D eigenvalue weighted by Gasteiger charge is -2.20. The normalized spacial score (nSPS) is 11.1. The molecule has 0 N–H and O–H groups in total. The van der Waals surface area contributed by atoms with Crippen molar-refractivity contribution in [2.45, 2.75) is 26.2 Å². The van der Waals surface area contributed by atoms with Crippen LogP contribution in [0.15, 0.2) is 18.5 Å². The number of nitrogens with zero attached hydrogens (tertiary/aromatic N) is 4. The summed E-state index contributed by atoms with van der Waals surface area (Å²) >= 11 is 3.46. The molecule has 0 aliphatic rings. The Morgan fingerprint density at radius 2 is 2.11 bits per heavy atom. The molecule has 0 spiro atoms. The van der Waals surface area contributed by atoms with Crippen LogP contribution in [0.3, 0.4) is 0 Å². The van der Waals surface area contributed by atoms with Crippen LogP contribution in [0, 0.1) is 6.92 Å². The van der Waals surface area contributed by atoms with E-state index >= 15 is 0 Å². The minimum absolute atomic E-state index is 0.914. The number of hydrogen-bond donors (Lipinski definition) is 0. The lowest BCUT2D eigenvalue weighted by molar-refractivity contribution is 0.700. The molecule has 0 unspecified atom stereocenters. The first-order chi connectivity index (χ1) is 8.72. The number of rotatable bonds is 6. The van der Waals surface area contributed by atoms with Gasteiger partial charge < -0.3 is 4.90 Å². The number of aromatic nitrogens is 3. The van der Waals surface area contributed by atoms with Crippen molar-refractivity contribution in [3.8, 4) is 0 Å². The summed E-state index contributed by atoms with van der Waals surface area (Å²) in [5.74, 6) is 1.11. The van der Waals surface area contributed by atoms with Crippen molar-refractivity contribution in [2.24, 2.45) is 0 Å². The molecule has 0 fully saturated rings. The lowest BCUT2D eigenvalue weighted by atomic mass is 10.2. The fraction of sp³-hybridized carbons (Fsp3) is 0.538. The quantitative estimate of drug-likeness (QED) is 0.607. The van der Waals surface area contributed by atoms with Crippen LogP contribution in [0.2, 0.25) is 0 Å². The number of aryl methyl sites for hydroxylation is 1. The molecule has 0 atom stereocenters. The van der Waals surface area contributed by atoms with Crippen LogP contribution < -0.4 is 4.90 Å². The molecule has 98 valence electrons. The molecule has 0 radical (unpaired) electrons. The van der Waals surface area contributed by atoms with E-state index < -0.39 is 0 Å². The first-order valence-corrected chi connectivity index (χ1v) is 7.42. The Bertz CT molecular complexity index is 509. The van der Waals surface area contributed by atoms with Crippen LogP contribution >= 0.6 is 15.9 Å². The topological polar surface area (TPSA) is 33.4 Å². The second kappa shape index (κ2) is 6.18. The molecule has 2 rings (SSSR count). The molecule has 0 amide bonds. The molecular weight excluding hydrogens is 292 g/mol. The Hall–Kier alpha value is -1.10. The Kier molecular flexibility index (Phi) is 4.58. The minimum atomic E-state index is 0.914. The summed E-state index contributed by atoms with van der Waals surface area (Å²) in [6.45, 7) is 3.14. The van der Waals surface area contributed by atoms with Gasteiger partial charge in [0.15, 0.2) is 5.65 Å². The van der Waals surface area contributed by atoms with E-state index in [2.05, 4.69) is 57.0 Å². The third-order valence-electron chi connectivity index (χ3n) is 3.02. The van der Waals surface area contributed by atoms with Gasteiger partial charge in [0.2, 0.25) is 0 Å². The fourth-order valence-corrected chi connectivity index (χ4v) is 2.44. The van der Waals surface area contributed by atoms with Gasteiger partial charge in [0.05, 0.1) is 0 Å². The monoisotopic (exact) mass is 310 g/mol. The molecule has 0 saturated carbocycles. The Balaban J connectivity index is 2.11. The van der Waals surface area contributed by atoms with Crippen LogP contribution in [-0.2, 0) is 0 Å². The van der Waals surface area contributed by atoms with Crippen molar-refractivity contribution in [3.05, 3.63) is 24.0 Å². The third kappa shape index (κ3) is 3.02. The maximum Gasteiger partial charge on any atom is 0.157 e. The van der Waals surface area contributed by atoms with Crippen LogP contribution in [0.5, 0.6) is 0 Å². The second-order valence-corrected chi connectivity index (χ2v) is 5.39. The van der Waals surface area contributed by atoms with E-state index in [1.165, 1.54) is 24.8 Å². The highest BCUT2D eigenvalue weighted by molar-refractivity contribution is 9.09. The van der Waals surface area contributed by atoms with Gasteiger partial charge in [-0.1, -0.05) is 22.4 Å². The van der Waals surface area contributed by atoms with E-state index in [4.69, 9.17) is 0 Å². The predicted molar refractivity (Wildman–Crippen MR) is 78.6 cm³/mol. The van der Waals surface area contributed by atoms with Crippen molar-refractivity contribution in [1.82, 2.24) is 14.6 Å².